The Hall–Kier alpha value is -1.80. The van der Waals surface area contributed by atoms with E-state index in [1.165, 1.54) is 0 Å². The smallest absolute Gasteiger partial charge is 0.314 e. The van der Waals surface area contributed by atoms with Crippen LogP contribution in [-0.2, 0) is 9.53 Å². The Morgan fingerprint density at radius 2 is 1.67 bits per heavy atom. The van der Waals surface area contributed by atoms with Gasteiger partial charge in [-0.05, 0) is 36.6 Å². The number of ether oxygens (including phenoxy) is 1. The molecule has 1 unspecified atom stereocenters. The fourth-order valence-electron chi connectivity index (χ4n) is 3.04. The van der Waals surface area contributed by atoms with Crippen LogP contribution in [0.25, 0.3) is 0 Å². The molecule has 3 rings (SSSR count). The van der Waals surface area contributed by atoms with Crippen molar-refractivity contribution >= 4 is 17.6 Å². The highest BCUT2D eigenvalue weighted by atomic mass is 35.5. The zero-order valence-electron chi connectivity index (χ0n) is 11.8. The average Bonchev–Trinajstić information content (AvgIpc) is 2.48. The van der Waals surface area contributed by atoms with E-state index in [-0.39, 0.29) is 23.9 Å². The lowest BCUT2D eigenvalue weighted by Crippen LogP contribution is -2.34. The minimum Gasteiger partial charge on any atom is -0.462 e. The standard InChI is InChI=1S/C18H17ClO2/c1-12-11-16(13-7-9-15(19)10-8-13)17(18(20)21-12)14-5-3-2-4-6-14/h2-10,12,16-17H,11H2,1H3/t12-,16?,17+/m0/s1. The monoisotopic (exact) mass is 300 g/mol. The number of carbonyl (C=O) groups excluding carboxylic acids is 1. The van der Waals surface area contributed by atoms with Crippen LogP contribution >= 0.6 is 11.6 Å². The molecule has 3 heteroatoms. The lowest BCUT2D eigenvalue weighted by Gasteiger charge is -2.34. The Bertz CT molecular complexity index is 621. The van der Waals surface area contributed by atoms with Crippen molar-refractivity contribution in [1.82, 2.24) is 0 Å². The Labute approximate surface area is 129 Å². The quantitative estimate of drug-likeness (QED) is 0.761. The molecule has 3 atom stereocenters. The number of halogens is 1. The van der Waals surface area contributed by atoms with Gasteiger partial charge in [0.1, 0.15) is 0 Å². The van der Waals surface area contributed by atoms with Crippen molar-refractivity contribution in [2.24, 2.45) is 0 Å². The molecule has 0 aromatic heterocycles. The molecule has 21 heavy (non-hydrogen) atoms. The van der Waals surface area contributed by atoms with Gasteiger partial charge in [-0.2, -0.15) is 0 Å². The predicted octanol–water partition coefficient (Wildman–Crippen LogP) is 4.54. The number of cyclic esters (lactones) is 1. The molecular weight excluding hydrogens is 284 g/mol. The van der Waals surface area contributed by atoms with Gasteiger partial charge < -0.3 is 4.74 Å². The molecule has 1 aliphatic rings. The van der Waals surface area contributed by atoms with Crippen molar-refractivity contribution in [3.05, 3.63) is 70.7 Å². The summed E-state index contributed by atoms with van der Waals surface area (Å²) in [4.78, 5) is 12.4. The van der Waals surface area contributed by atoms with Gasteiger partial charge in [-0.25, -0.2) is 0 Å². The Balaban J connectivity index is 2.01. The van der Waals surface area contributed by atoms with E-state index in [1.807, 2.05) is 61.5 Å². The number of hydrogen-bond donors (Lipinski definition) is 0. The number of carbonyl (C=O) groups is 1. The first-order valence-electron chi connectivity index (χ1n) is 7.16. The molecule has 0 bridgehead atoms. The first kappa shape index (κ1) is 14.2. The van der Waals surface area contributed by atoms with Crippen molar-refractivity contribution < 1.29 is 9.53 Å². The van der Waals surface area contributed by atoms with Gasteiger partial charge in [-0.15, -0.1) is 0 Å². The zero-order chi connectivity index (χ0) is 14.8. The maximum atomic E-state index is 12.4. The van der Waals surface area contributed by atoms with Crippen molar-refractivity contribution in [3.8, 4) is 0 Å². The lowest BCUT2D eigenvalue weighted by molar-refractivity contribution is -0.156. The molecule has 1 heterocycles. The average molecular weight is 301 g/mol. The Morgan fingerprint density at radius 1 is 1.00 bits per heavy atom. The van der Waals surface area contributed by atoms with Gasteiger partial charge in [-0.1, -0.05) is 54.1 Å². The van der Waals surface area contributed by atoms with Crippen LogP contribution < -0.4 is 0 Å². The van der Waals surface area contributed by atoms with E-state index >= 15 is 0 Å². The third-order valence-corrected chi connectivity index (χ3v) is 4.27. The van der Waals surface area contributed by atoms with Crippen molar-refractivity contribution in [2.75, 3.05) is 0 Å². The molecule has 1 aliphatic heterocycles. The third kappa shape index (κ3) is 2.96. The summed E-state index contributed by atoms with van der Waals surface area (Å²) < 4.78 is 5.46. The summed E-state index contributed by atoms with van der Waals surface area (Å²) in [6.07, 6.45) is 0.769. The molecule has 2 aromatic carbocycles. The summed E-state index contributed by atoms with van der Waals surface area (Å²) in [6.45, 7) is 1.95. The number of rotatable bonds is 2. The van der Waals surface area contributed by atoms with E-state index in [0.29, 0.717) is 5.02 Å². The molecule has 0 amide bonds. The van der Waals surface area contributed by atoms with Gasteiger partial charge in [0.25, 0.3) is 0 Å². The highest BCUT2D eigenvalue weighted by Crippen LogP contribution is 2.41. The predicted molar refractivity (Wildman–Crippen MR) is 83.5 cm³/mol. The minimum atomic E-state index is -0.247. The SMILES string of the molecule is C[C@H]1CC(c2ccc(Cl)cc2)[C@@H](c2ccccc2)C(=O)O1. The van der Waals surface area contributed by atoms with Crippen molar-refractivity contribution in [3.63, 3.8) is 0 Å². The number of esters is 1. The van der Waals surface area contributed by atoms with Crippen LogP contribution in [0.3, 0.4) is 0 Å². The summed E-state index contributed by atoms with van der Waals surface area (Å²) in [6, 6.07) is 17.6. The topological polar surface area (TPSA) is 26.3 Å². The van der Waals surface area contributed by atoms with Crippen molar-refractivity contribution in [2.45, 2.75) is 31.3 Å². The molecule has 0 N–H and O–H groups in total. The van der Waals surface area contributed by atoms with Gasteiger partial charge in [-0.3, -0.25) is 4.79 Å². The van der Waals surface area contributed by atoms with E-state index < -0.39 is 0 Å². The van der Waals surface area contributed by atoms with E-state index in [0.717, 1.165) is 17.5 Å². The first-order chi connectivity index (χ1) is 10.1. The van der Waals surface area contributed by atoms with E-state index in [9.17, 15) is 4.79 Å². The first-order valence-corrected chi connectivity index (χ1v) is 7.54. The van der Waals surface area contributed by atoms with Gasteiger partial charge in [0, 0.05) is 10.9 Å². The molecule has 0 radical (unpaired) electrons. The fraction of sp³-hybridized carbons (Fsp3) is 0.278. The molecule has 108 valence electrons. The molecule has 0 aliphatic carbocycles. The molecule has 1 fully saturated rings. The summed E-state index contributed by atoms with van der Waals surface area (Å²) in [7, 11) is 0. The number of hydrogen-bond acceptors (Lipinski definition) is 2. The molecule has 1 saturated heterocycles. The van der Waals surface area contributed by atoms with Crippen LogP contribution in [0.15, 0.2) is 54.6 Å². The fourth-order valence-corrected chi connectivity index (χ4v) is 3.17. The van der Waals surface area contributed by atoms with Crippen LogP contribution in [0, 0.1) is 0 Å². The van der Waals surface area contributed by atoms with Gasteiger partial charge in [0.2, 0.25) is 0 Å². The lowest BCUT2D eigenvalue weighted by atomic mass is 9.77. The number of benzene rings is 2. The molecule has 2 nitrogen and oxygen atoms in total. The second-order valence-corrected chi connectivity index (χ2v) is 5.97. The highest BCUT2D eigenvalue weighted by molar-refractivity contribution is 6.30. The van der Waals surface area contributed by atoms with E-state index in [4.69, 9.17) is 16.3 Å². The summed E-state index contributed by atoms with van der Waals surface area (Å²) in [5.41, 5.74) is 2.14. The van der Waals surface area contributed by atoms with Gasteiger partial charge in [0.15, 0.2) is 0 Å². The van der Waals surface area contributed by atoms with Crippen LogP contribution in [0.5, 0.6) is 0 Å². The zero-order valence-corrected chi connectivity index (χ0v) is 12.6. The van der Waals surface area contributed by atoms with E-state index in [1.54, 1.807) is 0 Å². The minimum absolute atomic E-state index is 0.0573. The van der Waals surface area contributed by atoms with Crippen molar-refractivity contribution in [1.29, 1.82) is 0 Å². The second-order valence-electron chi connectivity index (χ2n) is 5.53. The summed E-state index contributed by atoms with van der Waals surface area (Å²) >= 11 is 5.97. The molecular formula is C18H17ClO2. The molecule has 0 saturated carbocycles. The highest BCUT2D eigenvalue weighted by Gasteiger charge is 2.38. The van der Waals surface area contributed by atoms with E-state index in [2.05, 4.69) is 0 Å². The van der Waals surface area contributed by atoms with Crippen LogP contribution in [-0.4, -0.2) is 12.1 Å². The largest absolute Gasteiger partial charge is 0.462 e. The van der Waals surface area contributed by atoms with Gasteiger partial charge in [0.05, 0.1) is 12.0 Å². The van der Waals surface area contributed by atoms with Crippen LogP contribution in [0.1, 0.15) is 36.3 Å². The summed E-state index contributed by atoms with van der Waals surface area (Å²) in [5, 5.41) is 0.710. The van der Waals surface area contributed by atoms with Crippen LogP contribution in [0.4, 0.5) is 0 Å². The molecule has 2 aromatic rings. The Kier molecular flexibility index (Phi) is 3.98. The summed E-state index contributed by atoms with van der Waals surface area (Å²) in [5.74, 6) is -0.260. The maximum Gasteiger partial charge on any atom is 0.314 e. The van der Waals surface area contributed by atoms with Crippen LogP contribution in [0.2, 0.25) is 5.02 Å². The third-order valence-electron chi connectivity index (χ3n) is 4.02. The Morgan fingerprint density at radius 3 is 2.33 bits per heavy atom. The normalized spacial score (nSPS) is 25.4. The second kappa shape index (κ2) is 5.90. The maximum absolute atomic E-state index is 12.4. The van der Waals surface area contributed by atoms with Gasteiger partial charge >= 0.3 is 5.97 Å². The molecule has 0 spiro atoms.